The second kappa shape index (κ2) is 12.0. The molecule has 1 aromatic carbocycles. The van der Waals surface area contributed by atoms with E-state index < -0.39 is 0 Å². The smallest absolute Gasteiger partial charge is 0.263 e. The lowest BCUT2D eigenvalue weighted by Gasteiger charge is -2.34. The first-order valence-electron chi connectivity index (χ1n) is 13.0. The molecule has 36 heavy (non-hydrogen) atoms. The van der Waals surface area contributed by atoms with Crippen LogP contribution in [0.3, 0.4) is 0 Å². The van der Waals surface area contributed by atoms with Crippen molar-refractivity contribution >= 4 is 17.2 Å². The average molecular weight is 505 g/mol. The lowest BCUT2D eigenvalue weighted by atomic mass is 9.99. The normalized spacial score (nSPS) is 19.4. The van der Waals surface area contributed by atoms with Gasteiger partial charge in [0.05, 0.1) is 11.5 Å². The number of piperidine rings is 1. The van der Waals surface area contributed by atoms with Crippen molar-refractivity contribution in [1.82, 2.24) is 19.7 Å². The molecule has 190 valence electrons. The number of carbonyl (C=O) groups is 1. The molecule has 1 amide bonds. The Labute approximate surface area is 218 Å². The molecule has 0 radical (unpaired) electrons. The zero-order valence-corrected chi connectivity index (χ0v) is 22.0. The molecule has 0 bridgehead atoms. The Hall–Kier alpha value is -2.74. The topological polar surface area (TPSA) is 48.9 Å². The Morgan fingerprint density at radius 1 is 0.972 bits per heavy atom. The largest absolute Gasteiger partial charge is 0.493 e. The van der Waals surface area contributed by atoms with Crippen LogP contribution in [0.2, 0.25) is 0 Å². The molecule has 0 spiro atoms. The number of piperazine rings is 1. The number of hydrogen-bond donors (Lipinski definition) is 0. The molecule has 2 aromatic heterocycles. The van der Waals surface area contributed by atoms with Crippen LogP contribution in [0.15, 0.2) is 60.9 Å². The Balaban J connectivity index is 1.04. The second-order valence-corrected chi connectivity index (χ2v) is 11.3. The lowest BCUT2D eigenvalue weighted by Crippen LogP contribution is -2.45. The highest BCUT2D eigenvalue weighted by Gasteiger charge is 2.25. The van der Waals surface area contributed by atoms with Gasteiger partial charge in [0.25, 0.3) is 5.91 Å². The number of rotatable bonds is 8. The van der Waals surface area contributed by atoms with E-state index in [-0.39, 0.29) is 5.91 Å². The number of aryl methyl sites for hydroxylation is 1. The van der Waals surface area contributed by atoms with Crippen LogP contribution < -0.4 is 4.74 Å². The number of ether oxygens (including phenoxy) is 1. The van der Waals surface area contributed by atoms with Gasteiger partial charge in [0.2, 0.25) is 0 Å². The summed E-state index contributed by atoms with van der Waals surface area (Å²) in [6.07, 6.45) is 5.94. The maximum absolute atomic E-state index is 12.8. The number of aromatic nitrogens is 1. The molecule has 5 rings (SSSR count). The summed E-state index contributed by atoms with van der Waals surface area (Å²) in [6.45, 7) is 10.6. The van der Waals surface area contributed by atoms with Crippen molar-refractivity contribution in [2.45, 2.75) is 32.9 Å². The molecule has 7 heteroatoms. The average Bonchev–Trinajstić information content (AvgIpc) is 3.36. The molecule has 6 nitrogen and oxygen atoms in total. The Bertz CT molecular complexity index is 1110. The van der Waals surface area contributed by atoms with Gasteiger partial charge >= 0.3 is 0 Å². The molecule has 1 atom stereocenters. The summed E-state index contributed by atoms with van der Waals surface area (Å²) < 4.78 is 6.14. The summed E-state index contributed by atoms with van der Waals surface area (Å²) in [5.41, 5.74) is 2.61. The van der Waals surface area contributed by atoms with E-state index in [0.717, 1.165) is 75.8 Å². The molecule has 4 heterocycles. The minimum atomic E-state index is 0.167. The van der Waals surface area contributed by atoms with Crippen molar-refractivity contribution in [3.8, 4) is 5.75 Å². The van der Waals surface area contributed by atoms with Gasteiger partial charge in [-0.25, -0.2) is 0 Å². The molecule has 2 fully saturated rings. The third-order valence-corrected chi connectivity index (χ3v) is 8.16. The van der Waals surface area contributed by atoms with Crippen LogP contribution in [0.4, 0.5) is 0 Å². The molecule has 2 saturated heterocycles. The minimum absolute atomic E-state index is 0.167. The number of thiophene rings is 1. The maximum Gasteiger partial charge on any atom is 0.263 e. The van der Waals surface area contributed by atoms with Crippen molar-refractivity contribution in [3.05, 3.63) is 81.8 Å². The first kappa shape index (κ1) is 24.9. The van der Waals surface area contributed by atoms with Gasteiger partial charge in [0.15, 0.2) is 0 Å². The molecule has 0 unspecified atom stereocenters. The van der Waals surface area contributed by atoms with Crippen molar-refractivity contribution < 1.29 is 9.53 Å². The standard InChI is InChI=1S/C29H36N4O2S/c1-23-6-11-28(36-23)29(34)33-13-3-5-26(21-33)22-35-27-9-7-24(8-10-27)19-31-14-16-32(17-15-31)20-25-4-2-12-30-18-25/h2,4,6-12,18,26H,3,5,13-17,19-22H2,1H3/t26-/m1/s1. The third kappa shape index (κ3) is 6.72. The highest BCUT2D eigenvalue weighted by atomic mass is 32.1. The number of amides is 1. The maximum atomic E-state index is 12.8. The summed E-state index contributed by atoms with van der Waals surface area (Å²) in [6, 6.07) is 16.7. The van der Waals surface area contributed by atoms with Gasteiger partial charge in [-0.3, -0.25) is 19.6 Å². The van der Waals surface area contributed by atoms with E-state index in [1.165, 1.54) is 16.0 Å². The van der Waals surface area contributed by atoms with Crippen LogP contribution in [0.5, 0.6) is 5.75 Å². The quantitative estimate of drug-likeness (QED) is 0.445. The Morgan fingerprint density at radius 2 is 1.72 bits per heavy atom. The van der Waals surface area contributed by atoms with E-state index in [0.29, 0.717) is 12.5 Å². The second-order valence-electron chi connectivity index (χ2n) is 10.0. The monoisotopic (exact) mass is 504 g/mol. The van der Waals surface area contributed by atoms with Crippen LogP contribution in [-0.4, -0.2) is 71.5 Å². The molecule has 0 N–H and O–H groups in total. The van der Waals surface area contributed by atoms with E-state index >= 15 is 0 Å². The number of likely N-dealkylation sites (tertiary alicyclic amines) is 1. The van der Waals surface area contributed by atoms with Crippen molar-refractivity contribution in [2.75, 3.05) is 45.9 Å². The molecule has 0 saturated carbocycles. The zero-order chi connectivity index (χ0) is 24.7. The summed E-state index contributed by atoms with van der Waals surface area (Å²) in [4.78, 5) is 26.1. The van der Waals surface area contributed by atoms with Crippen molar-refractivity contribution in [2.24, 2.45) is 5.92 Å². The van der Waals surface area contributed by atoms with E-state index in [1.807, 2.05) is 42.4 Å². The Kier molecular flexibility index (Phi) is 8.31. The van der Waals surface area contributed by atoms with E-state index in [1.54, 1.807) is 11.3 Å². The summed E-state index contributed by atoms with van der Waals surface area (Å²) in [5, 5.41) is 0. The van der Waals surface area contributed by atoms with Crippen molar-refractivity contribution in [3.63, 3.8) is 0 Å². The minimum Gasteiger partial charge on any atom is -0.493 e. The van der Waals surface area contributed by atoms with Gasteiger partial charge in [-0.15, -0.1) is 11.3 Å². The lowest BCUT2D eigenvalue weighted by molar-refractivity contribution is 0.0638. The predicted octanol–water partition coefficient (Wildman–Crippen LogP) is 4.70. The van der Waals surface area contributed by atoms with Gasteiger partial charge in [0.1, 0.15) is 5.75 Å². The van der Waals surface area contributed by atoms with Gasteiger partial charge in [0, 0.05) is 75.5 Å². The van der Waals surface area contributed by atoms with Gasteiger partial charge in [-0.2, -0.15) is 0 Å². The molecule has 2 aliphatic rings. The molecule has 3 aromatic rings. The SMILES string of the molecule is Cc1ccc(C(=O)N2CCC[C@@H](COc3ccc(CN4CCN(Cc5cccnc5)CC4)cc3)C2)s1. The van der Waals surface area contributed by atoms with Crippen LogP contribution in [0, 0.1) is 12.8 Å². The van der Waals surface area contributed by atoms with Gasteiger partial charge in [-0.05, 0) is 61.2 Å². The van der Waals surface area contributed by atoms with Crippen LogP contribution in [-0.2, 0) is 13.1 Å². The van der Waals surface area contributed by atoms with E-state index in [9.17, 15) is 4.79 Å². The fraction of sp³-hybridized carbons (Fsp3) is 0.448. The molecular weight excluding hydrogens is 468 g/mol. The van der Waals surface area contributed by atoms with E-state index in [4.69, 9.17) is 4.74 Å². The van der Waals surface area contributed by atoms with Crippen LogP contribution >= 0.6 is 11.3 Å². The third-order valence-electron chi connectivity index (χ3n) is 7.17. The first-order chi connectivity index (χ1) is 17.6. The van der Waals surface area contributed by atoms with Crippen LogP contribution in [0.1, 0.15) is 38.5 Å². The fourth-order valence-corrected chi connectivity index (χ4v) is 5.95. The number of benzene rings is 1. The van der Waals surface area contributed by atoms with Gasteiger partial charge < -0.3 is 9.64 Å². The molecule has 0 aliphatic carbocycles. The number of nitrogens with zero attached hydrogens (tertiary/aromatic N) is 4. The Morgan fingerprint density at radius 3 is 2.39 bits per heavy atom. The summed E-state index contributed by atoms with van der Waals surface area (Å²) >= 11 is 1.58. The van der Waals surface area contributed by atoms with E-state index in [2.05, 4.69) is 45.1 Å². The number of pyridine rings is 1. The van der Waals surface area contributed by atoms with Gasteiger partial charge in [-0.1, -0.05) is 18.2 Å². The number of carbonyl (C=O) groups excluding carboxylic acids is 1. The fourth-order valence-electron chi connectivity index (χ4n) is 5.11. The van der Waals surface area contributed by atoms with Crippen LogP contribution in [0.25, 0.3) is 0 Å². The predicted molar refractivity (Wildman–Crippen MR) is 144 cm³/mol. The molecule has 2 aliphatic heterocycles. The van der Waals surface area contributed by atoms with Crippen molar-refractivity contribution in [1.29, 1.82) is 0 Å². The summed E-state index contributed by atoms with van der Waals surface area (Å²) in [5.74, 6) is 1.46. The first-order valence-corrected chi connectivity index (χ1v) is 13.8. The highest BCUT2D eigenvalue weighted by molar-refractivity contribution is 7.13. The number of hydrogen-bond acceptors (Lipinski definition) is 6. The zero-order valence-electron chi connectivity index (χ0n) is 21.1. The highest BCUT2D eigenvalue weighted by Crippen LogP contribution is 2.23. The summed E-state index contributed by atoms with van der Waals surface area (Å²) in [7, 11) is 0. The molecular formula is C29H36N4O2S.